The molecule has 0 saturated heterocycles. The second-order valence-corrected chi connectivity index (χ2v) is 20.0. The Labute approximate surface area is 426 Å². The second-order valence-electron chi connectivity index (χ2n) is 20.0. The molecule has 0 N–H and O–H groups in total. The van der Waals surface area contributed by atoms with Crippen LogP contribution >= 0.6 is 0 Å². The third-order valence-corrected chi connectivity index (χ3v) is 13.4. The van der Waals surface area contributed by atoms with Crippen LogP contribution in [-0.4, -0.2) is 37.7 Å². The minimum absolute atomic E-state index is 0.0738. The average molecular weight is 962 g/mol. The maximum atomic E-state index is 13.5. The minimum atomic E-state index is -0.595. The number of carbonyl (C=O) groups is 3. The summed E-state index contributed by atoms with van der Waals surface area (Å²) in [6.07, 6.45) is 65.0. The Hall–Kier alpha value is -3.15. The fraction of sp³-hybridized carbons (Fsp3) is 0.762. The predicted octanol–water partition coefficient (Wildman–Crippen LogP) is 20.3. The molecule has 69 heavy (non-hydrogen) atoms. The number of rotatable bonds is 51. The summed E-state index contributed by atoms with van der Waals surface area (Å²) in [5.74, 6) is -1.63. The Bertz CT molecular complexity index is 1410. The number of unbranched alkanes of at least 4 members (excludes halogenated alkanes) is 36. The lowest BCUT2D eigenvalue weighted by molar-refractivity contribution is 0.0447. The van der Waals surface area contributed by atoms with Crippen molar-refractivity contribution in [1.29, 1.82) is 0 Å². The Morgan fingerprint density at radius 2 is 0.551 bits per heavy atom. The SMILES string of the molecule is CCCC/C=C/CCCCCCCCCCCCOC(=O)c1ccc(C(=O)OCCCCCCCCCCCC/C=C/CCCC)c(C(=O)OCCCCCCCCCCCC/C=C/CCCC)c1. The highest BCUT2D eigenvalue weighted by Gasteiger charge is 2.22. The maximum Gasteiger partial charge on any atom is 0.339 e. The van der Waals surface area contributed by atoms with Gasteiger partial charge >= 0.3 is 17.9 Å². The van der Waals surface area contributed by atoms with Crippen molar-refractivity contribution in [2.24, 2.45) is 0 Å². The first kappa shape index (κ1) is 63.9. The third kappa shape index (κ3) is 41.2. The zero-order valence-electron chi connectivity index (χ0n) is 45.5. The van der Waals surface area contributed by atoms with E-state index in [9.17, 15) is 14.4 Å². The van der Waals surface area contributed by atoms with Gasteiger partial charge in [0.1, 0.15) is 0 Å². The molecular formula is C63H108O6. The molecular weight excluding hydrogens is 853 g/mol. The summed E-state index contributed by atoms with van der Waals surface area (Å²) in [6.45, 7) is 7.65. The van der Waals surface area contributed by atoms with E-state index in [-0.39, 0.29) is 23.3 Å². The molecule has 396 valence electrons. The second kappa shape index (κ2) is 51.2. The van der Waals surface area contributed by atoms with Gasteiger partial charge in [-0.1, -0.05) is 250 Å². The molecule has 0 unspecified atom stereocenters. The van der Waals surface area contributed by atoms with Crippen LogP contribution in [0.4, 0.5) is 0 Å². The monoisotopic (exact) mass is 961 g/mol. The molecule has 0 aromatic heterocycles. The topological polar surface area (TPSA) is 78.9 Å². The van der Waals surface area contributed by atoms with E-state index in [0.29, 0.717) is 13.2 Å². The van der Waals surface area contributed by atoms with Crippen LogP contribution in [0.15, 0.2) is 54.7 Å². The van der Waals surface area contributed by atoms with Crippen molar-refractivity contribution in [3.8, 4) is 0 Å². The molecule has 6 nitrogen and oxygen atoms in total. The maximum absolute atomic E-state index is 13.5. The average Bonchev–Trinajstić information content (AvgIpc) is 3.36. The van der Waals surface area contributed by atoms with Gasteiger partial charge < -0.3 is 14.2 Å². The van der Waals surface area contributed by atoms with Gasteiger partial charge in [0.15, 0.2) is 0 Å². The molecule has 0 bridgehead atoms. The molecule has 0 fully saturated rings. The van der Waals surface area contributed by atoms with Crippen LogP contribution < -0.4 is 0 Å². The predicted molar refractivity (Wildman–Crippen MR) is 296 cm³/mol. The normalized spacial score (nSPS) is 11.7. The molecule has 6 heteroatoms. The van der Waals surface area contributed by atoms with Gasteiger partial charge in [-0.2, -0.15) is 0 Å². The van der Waals surface area contributed by atoms with Crippen LogP contribution in [0.2, 0.25) is 0 Å². The first-order valence-corrected chi connectivity index (χ1v) is 29.6. The van der Waals surface area contributed by atoms with Crippen molar-refractivity contribution in [2.75, 3.05) is 19.8 Å². The molecule has 0 aliphatic carbocycles. The lowest BCUT2D eigenvalue weighted by atomic mass is 10.0. The van der Waals surface area contributed by atoms with E-state index in [1.165, 1.54) is 224 Å². The van der Waals surface area contributed by atoms with Crippen molar-refractivity contribution in [3.63, 3.8) is 0 Å². The van der Waals surface area contributed by atoms with Crippen molar-refractivity contribution in [1.82, 2.24) is 0 Å². The van der Waals surface area contributed by atoms with E-state index < -0.39 is 17.9 Å². The summed E-state index contributed by atoms with van der Waals surface area (Å²) < 4.78 is 17.0. The highest BCUT2D eigenvalue weighted by Crippen LogP contribution is 2.19. The standard InChI is InChI=1S/C63H108O6/c1-4-7-10-13-16-19-22-25-28-31-34-37-40-43-46-49-54-67-61(64)58-52-53-59(62(65)68-55-50-47-44-41-38-35-32-29-26-23-20-17-14-11-8-5-2)60(57-58)63(66)69-56-51-48-45-42-39-36-33-30-27-24-21-18-15-12-9-6-3/h13-18,52-53,57H,4-12,19-51,54-56H2,1-3H3/b16-13+,17-14+,18-15+. The van der Waals surface area contributed by atoms with E-state index in [2.05, 4.69) is 57.2 Å². The fourth-order valence-electron chi connectivity index (χ4n) is 8.76. The Kier molecular flexibility index (Phi) is 47.4. The molecule has 0 aliphatic rings. The number of ether oxygens (including phenoxy) is 3. The van der Waals surface area contributed by atoms with Gasteiger partial charge in [-0.25, -0.2) is 14.4 Å². The van der Waals surface area contributed by atoms with Gasteiger partial charge in [0.2, 0.25) is 0 Å². The highest BCUT2D eigenvalue weighted by atomic mass is 16.5. The van der Waals surface area contributed by atoms with Crippen LogP contribution in [-0.2, 0) is 14.2 Å². The van der Waals surface area contributed by atoms with Crippen LogP contribution in [0.5, 0.6) is 0 Å². The van der Waals surface area contributed by atoms with Gasteiger partial charge in [-0.15, -0.1) is 0 Å². The number of benzene rings is 1. The first-order valence-electron chi connectivity index (χ1n) is 29.6. The summed E-state index contributed by atoms with van der Waals surface area (Å²) >= 11 is 0. The van der Waals surface area contributed by atoms with Gasteiger partial charge in [-0.3, -0.25) is 0 Å². The number of hydrogen-bond donors (Lipinski definition) is 0. The van der Waals surface area contributed by atoms with E-state index in [1.807, 2.05) is 0 Å². The Balaban J connectivity index is 2.45. The molecule has 1 rings (SSSR count). The molecule has 0 heterocycles. The molecule has 1 aromatic rings. The third-order valence-electron chi connectivity index (χ3n) is 13.4. The zero-order valence-corrected chi connectivity index (χ0v) is 45.5. The Morgan fingerprint density at radius 3 is 0.855 bits per heavy atom. The van der Waals surface area contributed by atoms with Crippen LogP contribution in [0.3, 0.4) is 0 Å². The van der Waals surface area contributed by atoms with Gasteiger partial charge in [0.05, 0.1) is 36.5 Å². The summed E-state index contributed by atoms with van der Waals surface area (Å²) in [6, 6.07) is 4.55. The molecule has 0 amide bonds. The molecule has 0 atom stereocenters. The molecule has 0 saturated carbocycles. The first-order chi connectivity index (χ1) is 34.0. The Morgan fingerprint density at radius 1 is 0.304 bits per heavy atom. The molecule has 0 aliphatic heterocycles. The van der Waals surface area contributed by atoms with Gasteiger partial charge in [-0.05, 0) is 95.2 Å². The van der Waals surface area contributed by atoms with Crippen LogP contribution in [0.1, 0.15) is 322 Å². The van der Waals surface area contributed by atoms with E-state index in [0.717, 1.165) is 57.8 Å². The summed E-state index contributed by atoms with van der Waals surface area (Å²) in [7, 11) is 0. The summed E-state index contributed by atoms with van der Waals surface area (Å²) in [4.78, 5) is 39.9. The van der Waals surface area contributed by atoms with Crippen molar-refractivity contribution in [3.05, 3.63) is 71.3 Å². The van der Waals surface area contributed by atoms with Crippen LogP contribution in [0.25, 0.3) is 0 Å². The van der Waals surface area contributed by atoms with Gasteiger partial charge in [0.25, 0.3) is 0 Å². The lowest BCUT2D eigenvalue weighted by Gasteiger charge is -2.12. The largest absolute Gasteiger partial charge is 0.462 e. The summed E-state index contributed by atoms with van der Waals surface area (Å²) in [5, 5.41) is 0. The number of allylic oxidation sites excluding steroid dienone is 6. The summed E-state index contributed by atoms with van der Waals surface area (Å²) in [5.41, 5.74) is 0.465. The lowest BCUT2D eigenvalue weighted by Crippen LogP contribution is -2.17. The van der Waals surface area contributed by atoms with E-state index in [1.54, 1.807) is 6.07 Å². The quantitative estimate of drug-likeness (QED) is 0.0280. The van der Waals surface area contributed by atoms with Crippen molar-refractivity contribution < 1.29 is 28.6 Å². The van der Waals surface area contributed by atoms with Crippen LogP contribution in [0, 0.1) is 0 Å². The number of hydrogen-bond acceptors (Lipinski definition) is 6. The minimum Gasteiger partial charge on any atom is -0.462 e. The highest BCUT2D eigenvalue weighted by molar-refractivity contribution is 6.05. The number of carbonyl (C=O) groups excluding carboxylic acids is 3. The van der Waals surface area contributed by atoms with Gasteiger partial charge in [0, 0.05) is 0 Å². The van der Waals surface area contributed by atoms with Crippen molar-refractivity contribution in [2.45, 2.75) is 290 Å². The zero-order chi connectivity index (χ0) is 49.8. The smallest absolute Gasteiger partial charge is 0.339 e. The molecule has 1 aromatic carbocycles. The van der Waals surface area contributed by atoms with E-state index >= 15 is 0 Å². The fourth-order valence-corrected chi connectivity index (χ4v) is 8.76. The molecule has 0 spiro atoms. The number of esters is 3. The van der Waals surface area contributed by atoms with Crippen molar-refractivity contribution >= 4 is 17.9 Å². The molecule has 0 radical (unpaired) electrons. The van der Waals surface area contributed by atoms with E-state index in [4.69, 9.17) is 14.2 Å².